The Hall–Kier alpha value is -1.95. The number of benzene rings is 1. The minimum absolute atomic E-state index is 0.111. The van der Waals surface area contributed by atoms with E-state index in [4.69, 9.17) is 0 Å². The number of nitrogens with zero attached hydrogens (tertiary/aromatic N) is 4. The van der Waals surface area contributed by atoms with Crippen LogP contribution in [0.1, 0.15) is 44.2 Å². The van der Waals surface area contributed by atoms with Crippen LogP contribution in [-0.4, -0.2) is 73.7 Å². The lowest BCUT2D eigenvalue weighted by molar-refractivity contribution is -0.138. The third-order valence-corrected chi connectivity index (χ3v) is 9.19. The van der Waals surface area contributed by atoms with Crippen molar-refractivity contribution < 1.29 is 13.2 Å². The molecule has 0 bridgehead atoms. The van der Waals surface area contributed by atoms with Crippen molar-refractivity contribution in [3.8, 4) is 6.07 Å². The Kier molecular flexibility index (Phi) is 6.89. The lowest BCUT2D eigenvalue weighted by Crippen LogP contribution is -2.54. The van der Waals surface area contributed by atoms with Crippen molar-refractivity contribution in [3.63, 3.8) is 0 Å². The number of amides is 1. The van der Waals surface area contributed by atoms with Crippen LogP contribution in [0.25, 0.3) is 0 Å². The Bertz CT molecular complexity index is 985. The highest BCUT2D eigenvalue weighted by atomic mass is 32.2. The molecule has 2 aliphatic heterocycles. The zero-order chi connectivity index (χ0) is 22.9. The molecule has 1 unspecified atom stereocenters. The smallest absolute Gasteiger partial charge is 0.243 e. The highest BCUT2D eigenvalue weighted by molar-refractivity contribution is 7.89. The van der Waals surface area contributed by atoms with Gasteiger partial charge in [0.1, 0.15) is 6.04 Å². The summed E-state index contributed by atoms with van der Waals surface area (Å²) in [6.07, 6.45) is 4.21. The average Bonchev–Trinajstić information content (AvgIpc) is 3.27. The van der Waals surface area contributed by atoms with E-state index in [-0.39, 0.29) is 23.8 Å². The first kappa shape index (κ1) is 23.2. The van der Waals surface area contributed by atoms with Crippen molar-refractivity contribution in [2.75, 3.05) is 39.3 Å². The summed E-state index contributed by atoms with van der Waals surface area (Å²) in [6.45, 7) is 7.58. The molecule has 2 heterocycles. The summed E-state index contributed by atoms with van der Waals surface area (Å²) in [6, 6.07) is 7.82. The molecule has 1 amide bonds. The van der Waals surface area contributed by atoms with E-state index >= 15 is 0 Å². The molecule has 2 fully saturated rings. The van der Waals surface area contributed by atoms with E-state index in [2.05, 4.69) is 24.8 Å². The molecule has 2 saturated heterocycles. The SMILES string of the molecule is CC(C)C(C#N)N1CCN(C(=O)C2CCN(S(=O)(=O)c3ccc4c(c3)CCC4)CC2)CC1. The molecule has 0 N–H and O–H groups in total. The Balaban J connectivity index is 1.32. The molecule has 3 aliphatic rings. The molecule has 1 atom stereocenters. The van der Waals surface area contributed by atoms with Gasteiger partial charge in [-0.2, -0.15) is 9.57 Å². The number of rotatable bonds is 5. The molecule has 8 heteroatoms. The second-order valence-corrected chi connectivity index (χ2v) is 11.6. The lowest BCUT2D eigenvalue weighted by Gasteiger charge is -2.40. The van der Waals surface area contributed by atoms with Crippen molar-refractivity contribution >= 4 is 15.9 Å². The molecule has 0 aromatic heterocycles. The van der Waals surface area contributed by atoms with Gasteiger partial charge in [0.05, 0.1) is 11.0 Å². The van der Waals surface area contributed by atoms with Crippen LogP contribution >= 0.6 is 0 Å². The topological polar surface area (TPSA) is 84.7 Å². The minimum atomic E-state index is -3.51. The average molecular weight is 459 g/mol. The van der Waals surface area contributed by atoms with Gasteiger partial charge in [0.25, 0.3) is 0 Å². The van der Waals surface area contributed by atoms with E-state index in [1.165, 1.54) is 5.56 Å². The van der Waals surface area contributed by atoms with E-state index in [1.54, 1.807) is 10.4 Å². The number of carbonyl (C=O) groups excluding carboxylic acids is 1. The molecule has 4 rings (SSSR count). The summed E-state index contributed by atoms with van der Waals surface area (Å²) < 4.78 is 27.8. The van der Waals surface area contributed by atoms with Crippen LogP contribution in [0.2, 0.25) is 0 Å². The number of sulfonamides is 1. The third-order valence-electron chi connectivity index (χ3n) is 7.29. The van der Waals surface area contributed by atoms with Gasteiger partial charge in [-0.25, -0.2) is 8.42 Å². The fourth-order valence-corrected chi connectivity index (χ4v) is 6.85. The number of piperidine rings is 1. The number of hydrogen-bond acceptors (Lipinski definition) is 5. The molecule has 1 aromatic carbocycles. The van der Waals surface area contributed by atoms with Gasteiger partial charge in [0, 0.05) is 45.2 Å². The first-order valence-electron chi connectivity index (χ1n) is 11.9. The first-order chi connectivity index (χ1) is 15.3. The van der Waals surface area contributed by atoms with E-state index < -0.39 is 10.0 Å². The van der Waals surface area contributed by atoms with E-state index in [0.717, 1.165) is 24.8 Å². The molecule has 174 valence electrons. The molecule has 7 nitrogen and oxygen atoms in total. The normalized spacial score (nSPS) is 22.0. The van der Waals surface area contributed by atoms with Gasteiger partial charge in [-0.3, -0.25) is 9.69 Å². The zero-order valence-electron chi connectivity index (χ0n) is 19.2. The molecule has 0 radical (unpaired) electrons. The number of hydrogen-bond donors (Lipinski definition) is 0. The summed E-state index contributed by atoms with van der Waals surface area (Å²) in [5, 5.41) is 9.42. The van der Waals surface area contributed by atoms with Crippen LogP contribution in [0.3, 0.4) is 0 Å². The van der Waals surface area contributed by atoms with Crippen molar-refractivity contribution in [1.29, 1.82) is 5.26 Å². The predicted octanol–water partition coefficient (Wildman–Crippen LogP) is 2.27. The molecule has 1 aromatic rings. The molecular weight excluding hydrogens is 424 g/mol. The van der Waals surface area contributed by atoms with Crippen LogP contribution in [0.15, 0.2) is 23.1 Å². The Labute approximate surface area is 192 Å². The number of aryl methyl sites for hydroxylation is 2. The van der Waals surface area contributed by atoms with Crippen molar-refractivity contribution in [2.24, 2.45) is 11.8 Å². The van der Waals surface area contributed by atoms with E-state index in [0.29, 0.717) is 57.0 Å². The van der Waals surface area contributed by atoms with Gasteiger partial charge in [-0.15, -0.1) is 0 Å². The Morgan fingerprint density at radius 2 is 1.69 bits per heavy atom. The van der Waals surface area contributed by atoms with Gasteiger partial charge in [0.15, 0.2) is 0 Å². The molecule has 0 spiro atoms. The maximum Gasteiger partial charge on any atom is 0.243 e. The van der Waals surface area contributed by atoms with Crippen LogP contribution in [0, 0.1) is 23.2 Å². The molecular formula is C24H34N4O3S. The van der Waals surface area contributed by atoms with Gasteiger partial charge in [0.2, 0.25) is 15.9 Å². The quantitative estimate of drug-likeness (QED) is 0.676. The number of piperazine rings is 1. The van der Waals surface area contributed by atoms with Gasteiger partial charge < -0.3 is 4.90 Å². The van der Waals surface area contributed by atoms with Crippen LogP contribution in [-0.2, 0) is 27.7 Å². The Morgan fingerprint density at radius 1 is 1.03 bits per heavy atom. The first-order valence-corrected chi connectivity index (χ1v) is 13.3. The van der Waals surface area contributed by atoms with E-state index in [1.807, 2.05) is 17.0 Å². The maximum atomic E-state index is 13.1. The largest absolute Gasteiger partial charge is 0.340 e. The fraction of sp³-hybridized carbons (Fsp3) is 0.667. The number of nitriles is 1. The van der Waals surface area contributed by atoms with Gasteiger partial charge >= 0.3 is 0 Å². The summed E-state index contributed by atoms with van der Waals surface area (Å²) in [7, 11) is -3.51. The highest BCUT2D eigenvalue weighted by Gasteiger charge is 2.35. The molecule has 1 aliphatic carbocycles. The Morgan fingerprint density at radius 3 is 2.31 bits per heavy atom. The van der Waals surface area contributed by atoms with Crippen molar-refractivity contribution in [1.82, 2.24) is 14.1 Å². The lowest BCUT2D eigenvalue weighted by atomic mass is 9.96. The van der Waals surface area contributed by atoms with Crippen LogP contribution < -0.4 is 0 Å². The fourth-order valence-electron chi connectivity index (χ4n) is 5.33. The predicted molar refractivity (Wildman–Crippen MR) is 122 cm³/mol. The standard InChI is InChI=1S/C24H34N4O3S/c1-18(2)23(17-25)26-12-14-27(15-13-26)24(29)20-8-10-28(11-9-20)32(30,31)22-7-6-19-4-3-5-21(19)16-22/h6-7,16,18,20,23H,3-5,8-15H2,1-2H3. The van der Waals surface area contributed by atoms with Crippen molar-refractivity contribution in [3.05, 3.63) is 29.3 Å². The second kappa shape index (κ2) is 9.50. The molecule has 0 saturated carbocycles. The monoisotopic (exact) mass is 458 g/mol. The zero-order valence-corrected chi connectivity index (χ0v) is 20.0. The summed E-state index contributed by atoms with van der Waals surface area (Å²) in [4.78, 5) is 17.5. The van der Waals surface area contributed by atoms with Gasteiger partial charge in [-0.05, 0) is 61.3 Å². The minimum Gasteiger partial charge on any atom is -0.340 e. The summed E-state index contributed by atoms with van der Waals surface area (Å²) in [5.74, 6) is 0.279. The van der Waals surface area contributed by atoms with E-state index in [9.17, 15) is 18.5 Å². The van der Waals surface area contributed by atoms with Crippen LogP contribution in [0.5, 0.6) is 0 Å². The number of fused-ring (bicyclic) bond motifs is 1. The third kappa shape index (κ3) is 4.57. The van der Waals surface area contributed by atoms with Gasteiger partial charge in [-0.1, -0.05) is 19.9 Å². The highest BCUT2D eigenvalue weighted by Crippen LogP contribution is 2.29. The summed E-state index contributed by atoms with van der Waals surface area (Å²) >= 11 is 0. The van der Waals surface area contributed by atoms with Crippen molar-refractivity contribution in [2.45, 2.75) is 56.9 Å². The number of carbonyl (C=O) groups is 1. The van der Waals surface area contributed by atoms with Crippen LogP contribution in [0.4, 0.5) is 0 Å². The second-order valence-electron chi connectivity index (χ2n) is 9.64. The molecule has 32 heavy (non-hydrogen) atoms. The summed E-state index contributed by atoms with van der Waals surface area (Å²) in [5.41, 5.74) is 2.43. The maximum absolute atomic E-state index is 13.1.